The number of hydrogen-bond acceptors (Lipinski definition) is 3. The van der Waals surface area contributed by atoms with Crippen LogP contribution in [0.3, 0.4) is 0 Å². The fourth-order valence-electron chi connectivity index (χ4n) is 1.61. The first-order valence-electron chi connectivity index (χ1n) is 5.63. The molecule has 0 amide bonds. The lowest BCUT2D eigenvalue weighted by molar-refractivity contribution is 0.300. The highest BCUT2D eigenvalue weighted by Crippen LogP contribution is 2.13. The smallest absolute Gasteiger partial charge is 0.132 e. The zero-order valence-electron chi connectivity index (χ0n) is 10.2. The highest BCUT2D eigenvalue weighted by Gasteiger charge is 1.99. The van der Waals surface area contributed by atoms with E-state index in [1.54, 1.807) is 4.68 Å². The van der Waals surface area contributed by atoms with Gasteiger partial charge in [0.05, 0.1) is 5.69 Å². The topological polar surface area (TPSA) is 39.1 Å². The highest BCUT2D eigenvalue weighted by molar-refractivity contribution is 5.27. The van der Waals surface area contributed by atoms with E-state index in [0.717, 1.165) is 18.0 Å². The lowest BCUT2D eigenvalue weighted by Crippen LogP contribution is -2.04. The maximum absolute atomic E-state index is 5.64. The SMILES string of the molecule is CNCc1ccc(OCc2ccn(C)n2)cc1. The Morgan fingerprint density at radius 3 is 2.59 bits per heavy atom. The standard InChI is InChI=1S/C13H17N3O/c1-14-9-11-3-5-13(6-4-11)17-10-12-7-8-16(2)15-12/h3-8,14H,9-10H2,1-2H3. The van der Waals surface area contributed by atoms with Crippen LogP contribution < -0.4 is 10.1 Å². The van der Waals surface area contributed by atoms with Crippen molar-refractivity contribution < 1.29 is 4.74 Å². The Labute approximate surface area is 101 Å². The van der Waals surface area contributed by atoms with Gasteiger partial charge in [0.1, 0.15) is 12.4 Å². The first-order chi connectivity index (χ1) is 8.28. The normalized spacial score (nSPS) is 10.5. The van der Waals surface area contributed by atoms with E-state index < -0.39 is 0 Å². The van der Waals surface area contributed by atoms with Gasteiger partial charge in [-0.15, -0.1) is 0 Å². The number of aryl methyl sites for hydroxylation is 1. The van der Waals surface area contributed by atoms with Gasteiger partial charge in [0.2, 0.25) is 0 Å². The minimum atomic E-state index is 0.506. The van der Waals surface area contributed by atoms with Crippen LogP contribution in [0.2, 0.25) is 0 Å². The van der Waals surface area contributed by atoms with Crippen LogP contribution >= 0.6 is 0 Å². The maximum atomic E-state index is 5.64. The van der Waals surface area contributed by atoms with Crippen LogP contribution in [0.5, 0.6) is 5.75 Å². The largest absolute Gasteiger partial charge is 0.487 e. The number of hydrogen-bond donors (Lipinski definition) is 1. The van der Waals surface area contributed by atoms with Crippen molar-refractivity contribution in [2.75, 3.05) is 7.05 Å². The number of aromatic nitrogens is 2. The van der Waals surface area contributed by atoms with E-state index in [1.807, 2.05) is 38.5 Å². The molecule has 0 fully saturated rings. The first kappa shape index (κ1) is 11.7. The van der Waals surface area contributed by atoms with E-state index in [4.69, 9.17) is 4.74 Å². The average molecular weight is 231 g/mol. The van der Waals surface area contributed by atoms with Gasteiger partial charge in [0.25, 0.3) is 0 Å². The molecule has 2 rings (SSSR count). The predicted octanol–water partition coefficient (Wildman–Crippen LogP) is 1.72. The molecule has 0 unspecified atom stereocenters. The summed E-state index contributed by atoms with van der Waals surface area (Å²) in [6.07, 6.45) is 1.91. The minimum absolute atomic E-state index is 0.506. The van der Waals surface area contributed by atoms with E-state index in [0.29, 0.717) is 6.61 Å². The molecule has 17 heavy (non-hydrogen) atoms. The number of benzene rings is 1. The third kappa shape index (κ3) is 3.32. The van der Waals surface area contributed by atoms with Gasteiger partial charge in [-0.1, -0.05) is 12.1 Å². The fraction of sp³-hybridized carbons (Fsp3) is 0.308. The zero-order valence-corrected chi connectivity index (χ0v) is 10.2. The molecule has 2 aromatic rings. The van der Waals surface area contributed by atoms with Gasteiger partial charge in [0, 0.05) is 19.8 Å². The molecular formula is C13H17N3O. The summed E-state index contributed by atoms with van der Waals surface area (Å²) in [6.45, 7) is 1.38. The van der Waals surface area contributed by atoms with Crippen LogP contribution in [-0.2, 0) is 20.2 Å². The number of nitrogens with one attached hydrogen (secondary N) is 1. The molecule has 0 radical (unpaired) electrons. The summed E-state index contributed by atoms with van der Waals surface area (Å²) in [5.41, 5.74) is 2.18. The molecule has 1 N–H and O–H groups in total. The van der Waals surface area contributed by atoms with E-state index in [1.165, 1.54) is 5.56 Å². The molecule has 0 aliphatic carbocycles. The molecule has 0 aliphatic heterocycles. The molecule has 4 nitrogen and oxygen atoms in total. The Kier molecular flexibility index (Phi) is 3.77. The lowest BCUT2D eigenvalue weighted by Gasteiger charge is -2.05. The van der Waals surface area contributed by atoms with Gasteiger partial charge in [-0.25, -0.2) is 0 Å². The quantitative estimate of drug-likeness (QED) is 0.851. The number of ether oxygens (including phenoxy) is 1. The molecule has 1 aromatic carbocycles. The molecule has 0 atom stereocenters. The number of rotatable bonds is 5. The first-order valence-corrected chi connectivity index (χ1v) is 5.63. The fourth-order valence-corrected chi connectivity index (χ4v) is 1.61. The molecule has 0 spiro atoms. The van der Waals surface area contributed by atoms with Crippen LogP contribution in [0.15, 0.2) is 36.5 Å². The van der Waals surface area contributed by atoms with Crippen molar-refractivity contribution in [3.05, 3.63) is 47.8 Å². The molecule has 0 bridgehead atoms. The van der Waals surface area contributed by atoms with E-state index in [-0.39, 0.29) is 0 Å². The summed E-state index contributed by atoms with van der Waals surface area (Å²) in [6, 6.07) is 10.0. The summed E-state index contributed by atoms with van der Waals surface area (Å²) in [4.78, 5) is 0. The maximum Gasteiger partial charge on any atom is 0.132 e. The van der Waals surface area contributed by atoms with Crippen LogP contribution in [0, 0.1) is 0 Å². The molecular weight excluding hydrogens is 214 g/mol. The van der Waals surface area contributed by atoms with Gasteiger partial charge >= 0.3 is 0 Å². The van der Waals surface area contributed by atoms with Crippen molar-refractivity contribution in [2.24, 2.45) is 7.05 Å². The molecule has 0 aliphatic rings. The summed E-state index contributed by atoms with van der Waals surface area (Å²) in [5, 5.41) is 7.36. The van der Waals surface area contributed by atoms with Gasteiger partial charge in [-0.3, -0.25) is 4.68 Å². The Morgan fingerprint density at radius 1 is 1.24 bits per heavy atom. The van der Waals surface area contributed by atoms with E-state index >= 15 is 0 Å². The summed E-state index contributed by atoms with van der Waals surface area (Å²) in [5.74, 6) is 0.871. The Balaban J connectivity index is 1.90. The second-order valence-corrected chi connectivity index (χ2v) is 3.94. The van der Waals surface area contributed by atoms with Crippen LogP contribution in [0.25, 0.3) is 0 Å². The number of nitrogens with zero attached hydrogens (tertiary/aromatic N) is 2. The summed E-state index contributed by atoms with van der Waals surface area (Å²) >= 11 is 0. The van der Waals surface area contributed by atoms with Crippen LogP contribution in [-0.4, -0.2) is 16.8 Å². The molecule has 1 aromatic heterocycles. The molecule has 4 heteroatoms. The van der Waals surface area contributed by atoms with Crippen molar-refractivity contribution in [2.45, 2.75) is 13.2 Å². The van der Waals surface area contributed by atoms with Crippen LogP contribution in [0.1, 0.15) is 11.3 Å². The molecule has 90 valence electrons. The van der Waals surface area contributed by atoms with Gasteiger partial charge in [-0.2, -0.15) is 5.10 Å². The van der Waals surface area contributed by atoms with Crippen molar-refractivity contribution in [1.82, 2.24) is 15.1 Å². The average Bonchev–Trinajstić information content (AvgIpc) is 2.75. The second-order valence-electron chi connectivity index (χ2n) is 3.94. The van der Waals surface area contributed by atoms with Crippen molar-refractivity contribution in [3.63, 3.8) is 0 Å². The lowest BCUT2D eigenvalue weighted by atomic mass is 10.2. The molecule has 1 heterocycles. The zero-order chi connectivity index (χ0) is 12.1. The van der Waals surface area contributed by atoms with Crippen molar-refractivity contribution >= 4 is 0 Å². The Bertz CT molecular complexity index is 462. The van der Waals surface area contributed by atoms with Gasteiger partial charge in [0.15, 0.2) is 0 Å². The minimum Gasteiger partial charge on any atom is -0.487 e. The molecule has 0 saturated heterocycles. The predicted molar refractivity (Wildman–Crippen MR) is 66.7 cm³/mol. The van der Waals surface area contributed by atoms with E-state index in [9.17, 15) is 0 Å². The third-order valence-electron chi connectivity index (χ3n) is 2.46. The monoisotopic (exact) mass is 231 g/mol. The summed E-state index contributed by atoms with van der Waals surface area (Å²) < 4.78 is 7.41. The molecule has 0 saturated carbocycles. The third-order valence-corrected chi connectivity index (χ3v) is 2.46. The Morgan fingerprint density at radius 2 is 2.00 bits per heavy atom. The second kappa shape index (κ2) is 5.50. The van der Waals surface area contributed by atoms with Gasteiger partial charge < -0.3 is 10.1 Å². The van der Waals surface area contributed by atoms with E-state index in [2.05, 4.69) is 22.5 Å². The van der Waals surface area contributed by atoms with Crippen molar-refractivity contribution in [1.29, 1.82) is 0 Å². The summed E-state index contributed by atoms with van der Waals surface area (Å²) in [7, 11) is 3.83. The highest BCUT2D eigenvalue weighted by atomic mass is 16.5. The Hall–Kier alpha value is -1.81. The van der Waals surface area contributed by atoms with Crippen LogP contribution in [0.4, 0.5) is 0 Å². The van der Waals surface area contributed by atoms with Crippen molar-refractivity contribution in [3.8, 4) is 5.75 Å². The van der Waals surface area contributed by atoms with Gasteiger partial charge in [-0.05, 0) is 30.8 Å².